The molecule has 0 bridgehead atoms. The second-order valence-electron chi connectivity index (χ2n) is 3.60. The molecule has 0 radical (unpaired) electrons. The second kappa shape index (κ2) is 6.67. The highest BCUT2D eigenvalue weighted by Gasteiger charge is 2.25. The van der Waals surface area contributed by atoms with Crippen LogP contribution in [-0.4, -0.2) is 23.9 Å². The summed E-state index contributed by atoms with van der Waals surface area (Å²) in [5.41, 5.74) is 0.330. The highest BCUT2D eigenvalue weighted by atomic mass is 19.1. The number of carbonyl (C=O) groups excluding carboxylic acids is 1. The van der Waals surface area contributed by atoms with E-state index in [4.69, 9.17) is 0 Å². The van der Waals surface area contributed by atoms with Gasteiger partial charge in [0, 0.05) is 6.07 Å². The molecule has 0 aliphatic rings. The zero-order chi connectivity index (χ0) is 14.4. The van der Waals surface area contributed by atoms with E-state index in [0.717, 1.165) is 0 Å². The Labute approximate surface area is 109 Å². The third-order valence-electron chi connectivity index (χ3n) is 2.33. The Morgan fingerprint density at radius 1 is 1.47 bits per heavy atom. The van der Waals surface area contributed by atoms with Crippen LogP contribution in [0.25, 0.3) is 0 Å². The highest BCUT2D eigenvalue weighted by molar-refractivity contribution is 5.73. The average molecular weight is 271 g/mol. The second-order valence-corrected chi connectivity index (χ2v) is 3.60. The Hall–Kier alpha value is -2.18. The van der Waals surface area contributed by atoms with Crippen molar-refractivity contribution in [3.63, 3.8) is 0 Å². The van der Waals surface area contributed by atoms with E-state index in [1.807, 2.05) is 6.92 Å². The van der Waals surface area contributed by atoms with Crippen LogP contribution >= 0.6 is 0 Å². The Kier molecular flexibility index (Phi) is 5.23. The van der Waals surface area contributed by atoms with Crippen LogP contribution in [-0.2, 0) is 16.0 Å². The van der Waals surface area contributed by atoms with E-state index in [1.54, 1.807) is 6.07 Å². The molecule has 0 spiro atoms. The summed E-state index contributed by atoms with van der Waals surface area (Å²) < 4.78 is 22.4. The zero-order valence-electron chi connectivity index (χ0n) is 10.6. The molecule has 7 heteroatoms. The summed E-state index contributed by atoms with van der Waals surface area (Å²) in [5, 5.41) is 10.9. The Morgan fingerprint density at radius 3 is 2.68 bits per heavy atom. The number of hydrogen-bond acceptors (Lipinski definition) is 5. The van der Waals surface area contributed by atoms with E-state index in [0.29, 0.717) is 12.0 Å². The van der Waals surface area contributed by atoms with Gasteiger partial charge in [-0.1, -0.05) is 13.0 Å². The number of hydrogen-bond donors (Lipinski definition) is 0. The fourth-order valence-corrected chi connectivity index (χ4v) is 1.39. The van der Waals surface area contributed by atoms with Crippen molar-refractivity contribution in [2.45, 2.75) is 26.6 Å². The maximum absolute atomic E-state index is 13.4. The molecule has 104 valence electrons. The highest BCUT2D eigenvalue weighted by Crippen LogP contribution is 2.29. The van der Waals surface area contributed by atoms with Gasteiger partial charge in [0.1, 0.15) is 0 Å². The summed E-state index contributed by atoms with van der Waals surface area (Å²) in [6.07, 6.45) is -1.79. The van der Waals surface area contributed by atoms with Crippen molar-refractivity contribution < 1.29 is 23.6 Å². The molecule has 6 nitrogen and oxygen atoms in total. The van der Waals surface area contributed by atoms with Gasteiger partial charge in [-0.2, -0.15) is 4.39 Å². The van der Waals surface area contributed by atoms with E-state index in [-0.39, 0.29) is 18.0 Å². The molecule has 1 aromatic rings. The average Bonchev–Trinajstić information content (AvgIpc) is 2.39. The number of aryl methyl sites for hydroxylation is 1. The predicted octanol–water partition coefficient (Wildman–Crippen LogP) is 2.39. The third kappa shape index (κ3) is 3.90. The molecular weight excluding hydrogens is 257 g/mol. The van der Waals surface area contributed by atoms with Gasteiger partial charge in [-0.15, -0.1) is 0 Å². The van der Waals surface area contributed by atoms with Gasteiger partial charge >= 0.3 is 18.0 Å². The van der Waals surface area contributed by atoms with Crippen LogP contribution in [0.2, 0.25) is 0 Å². The monoisotopic (exact) mass is 271 g/mol. The molecular formula is C12H14FNO5. The van der Waals surface area contributed by atoms with Crippen molar-refractivity contribution in [2.24, 2.45) is 0 Å². The number of carbonyl (C=O) groups is 1. The summed E-state index contributed by atoms with van der Waals surface area (Å²) in [6.45, 7) is 3.35. The quantitative estimate of drug-likeness (QED) is 0.451. The van der Waals surface area contributed by atoms with E-state index in [9.17, 15) is 19.3 Å². The first kappa shape index (κ1) is 14.9. The molecule has 0 N–H and O–H groups in total. The van der Waals surface area contributed by atoms with Crippen molar-refractivity contribution in [3.8, 4) is 5.75 Å². The lowest BCUT2D eigenvalue weighted by Gasteiger charge is -2.11. The van der Waals surface area contributed by atoms with Crippen LogP contribution in [0.1, 0.15) is 19.4 Å². The first-order valence-corrected chi connectivity index (χ1v) is 5.74. The van der Waals surface area contributed by atoms with Gasteiger partial charge in [-0.05, 0) is 25.0 Å². The summed E-state index contributed by atoms with van der Waals surface area (Å²) in [4.78, 5) is 21.2. The van der Waals surface area contributed by atoms with Crippen LogP contribution in [0.5, 0.6) is 5.75 Å². The summed E-state index contributed by atoms with van der Waals surface area (Å²) in [7, 11) is 0. The van der Waals surface area contributed by atoms with Crippen LogP contribution < -0.4 is 4.74 Å². The van der Waals surface area contributed by atoms with Gasteiger partial charge < -0.3 is 9.47 Å². The molecule has 0 saturated carbocycles. The number of nitro groups is 1. The van der Waals surface area contributed by atoms with Crippen molar-refractivity contribution in [2.75, 3.05) is 6.61 Å². The topological polar surface area (TPSA) is 78.7 Å². The molecule has 0 aliphatic heterocycles. The largest absolute Gasteiger partial charge is 0.461 e. The molecule has 0 saturated heterocycles. The minimum absolute atomic E-state index is 0.000517. The summed E-state index contributed by atoms with van der Waals surface area (Å²) in [5.74, 6) is -1.51. The Morgan fingerprint density at radius 2 is 2.16 bits per heavy atom. The molecule has 0 aromatic heterocycles. The number of esters is 1. The Balaban J connectivity index is 2.94. The van der Waals surface area contributed by atoms with E-state index in [2.05, 4.69) is 9.47 Å². The number of ether oxygens (including phenoxy) is 2. The molecule has 1 aromatic carbocycles. The maximum Gasteiger partial charge on any atom is 0.381 e. The summed E-state index contributed by atoms with van der Waals surface area (Å²) >= 11 is 0. The van der Waals surface area contributed by atoms with Crippen LogP contribution in [0, 0.1) is 10.1 Å². The minimum Gasteiger partial charge on any atom is -0.461 e. The molecule has 1 unspecified atom stereocenters. The lowest BCUT2D eigenvalue weighted by Crippen LogP contribution is -2.25. The molecule has 1 atom stereocenters. The predicted molar refractivity (Wildman–Crippen MR) is 64.6 cm³/mol. The number of nitro benzene ring substituents is 1. The first-order chi connectivity index (χ1) is 8.99. The lowest BCUT2D eigenvalue weighted by molar-refractivity contribution is -0.386. The summed E-state index contributed by atoms with van der Waals surface area (Å²) in [6, 6.07) is 4.12. The molecule has 0 heterocycles. The molecule has 0 fully saturated rings. The van der Waals surface area contributed by atoms with Crippen LogP contribution in [0.15, 0.2) is 18.2 Å². The third-order valence-corrected chi connectivity index (χ3v) is 2.33. The minimum atomic E-state index is -2.38. The Bertz CT molecular complexity index is 477. The van der Waals surface area contributed by atoms with Crippen LogP contribution in [0.3, 0.4) is 0 Å². The fraction of sp³-hybridized carbons (Fsp3) is 0.417. The normalized spacial score (nSPS) is 11.7. The van der Waals surface area contributed by atoms with Gasteiger partial charge in [-0.25, -0.2) is 4.79 Å². The SMILES string of the molecule is CCOC(=O)C(F)Oc1ccc(CC)cc1[N+](=O)[O-]. The number of alkyl halides is 1. The van der Waals surface area contributed by atoms with Gasteiger partial charge in [0.05, 0.1) is 11.5 Å². The molecule has 1 rings (SSSR count). The van der Waals surface area contributed by atoms with Crippen molar-refractivity contribution in [3.05, 3.63) is 33.9 Å². The fourth-order valence-electron chi connectivity index (χ4n) is 1.39. The van der Waals surface area contributed by atoms with Crippen molar-refractivity contribution >= 4 is 11.7 Å². The van der Waals surface area contributed by atoms with E-state index in [1.165, 1.54) is 19.1 Å². The number of nitrogens with zero attached hydrogens (tertiary/aromatic N) is 1. The van der Waals surface area contributed by atoms with Gasteiger partial charge in [0.25, 0.3) is 0 Å². The molecule has 19 heavy (non-hydrogen) atoms. The zero-order valence-corrected chi connectivity index (χ0v) is 10.6. The lowest BCUT2D eigenvalue weighted by atomic mass is 10.1. The van der Waals surface area contributed by atoms with Crippen molar-refractivity contribution in [1.82, 2.24) is 0 Å². The first-order valence-electron chi connectivity index (χ1n) is 5.74. The number of rotatable bonds is 6. The molecule has 0 aliphatic carbocycles. The van der Waals surface area contributed by atoms with Crippen LogP contribution in [0.4, 0.5) is 10.1 Å². The number of halogens is 1. The smallest absolute Gasteiger partial charge is 0.381 e. The maximum atomic E-state index is 13.4. The molecule has 0 amide bonds. The van der Waals surface area contributed by atoms with Gasteiger partial charge in [0.2, 0.25) is 5.75 Å². The standard InChI is InChI=1S/C12H14FNO5/c1-3-8-5-6-10(9(7-8)14(16)17)19-11(13)12(15)18-4-2/h5-7,11H,3-4H2,1-2H3. The van der Waals surface area contributed by atoms with E-state index >= 15 is 0 Å². The van der Waals surface area contributed by atoms with Crippen molar-refractivity contribution in [1.29, 1.82) is 0 Å². The van der Waals surface area contributed by atoms with E-state index < -0.39 is 17.3 Å². The van der Waals surface area contributed by atoms with Gasteiger partial charge in [0.15, 0.2) is 0 Å². The number of benzene rings is 1. The van der Waals surface area contributed by atoms with Gasteiger partial charge in [-0.3, -0.25) is 10.1 Å².